The van der Waals surface area contributed by atoms with Crippen LogP contribution in [0.5, 0.6) is 0 Å². The summed E-state index contributed by atoms with van der Waals surface area (Å²) in [6.07, 6.45) is 16.3. The second kappa shape index (κ2) is 12.4. The Labute approximate surface area is 310 Å². The molecule has 2 aliphatic heterocycles. The molecule has 4 aromatic heterocycles. The average molecular weight is 704 g/mol. The Morgan fingerprint density at radius 3 is 2.50 bits per heavy atom. The van der Waals surface area contributed by atoms with Crippen molar-refractivity contribution in [3.8, 4) is 22.5 Å². The van der Waals surface area contributed by atoms with Gasteiger partial charge >= 0.3 is 0 Å². The number of aromatic nitrogens is 3. The first-order valence-electron chi connectivity index (χ1n) is 19.7. The summed E-state index contributed by atoms with van der Waals surface area (Å²) in [5.74, 6) is 1.03. The highest BCUT2D eigenvalue weighted by Crippen LogP contribution is 2.47. The van der Waals surface area contributed by atoms with Gasteiger partial charge in [-0.3, -0.25) is 0 Å². The number of pyridine rings is 3. The van der Waals surface area contributed by atoms with Crippen LogP contribution in [-0.2, 0) is 19.3 Å². The van der Waals surface area contributed by atoms with E-state index in [1.165, 1.54) is 70.5 Å². The lowest BCUT2D eigenvalue weighted by Crippen LogP contribution is -2.57. The van der Waals surface area contributed by atoms with Crippen molar-refractivity contribution in [1.29, 1.82) is 0 Å². The highest BCUT2D eigenvalue weighted by molar-refractivity contribution is 6.89. The molecule has 1 fully saturated rings. The molecule has 6 aromatic rings. The molecular weight excluding hydrogens is 651 g/mol. The Morgan fingerprint density at radius 1 is 0.904 bits per heavy atom. The van der Waals surface area contributed by atoms with Gasteiger partial charge in [-0.15, -0.1) is 0 Å². The highest BCUT2D eigenvalue weighted by atomic mass is 28.3. The van der Waals surface area contributed by atoms with Crippen LogP contribution < -0.4 is 14.3 Å². The van der Waals surface area contributed by atoms with Gasteiger partial charge in [0.15, 0.2) is 18.0 Å². The molecule has 52 heavy (non-hydrogen) atoms. The summed E-state index contributed by atoms with van der Waals surface area (Å²) in [6.45, 7) is 19.7. The average Bonchev–Trinajstić information content (AvgIpc) is 3.77. The molecule has 4 nitrogen and oxygen atoms in total. The van der Waals surface area contributed by atoms with Crippen molar-refractivity contribution in [2.45, 2.75) is 104 Å². The number of furan rings is 1. The van der Waals surface area contributed by atoms with Crippen LogP contribution in [0, 0.1) is 11.3 Å². The van der Waals surface area contributed by atoms with Gasteiger partial charge in [0.05, 0.1) is 19.6 Å². The standard InChI is InChI=1S/C47H53N3OSi/c1-30-44-37(35-15-10-11-16-36(35)40-27-34(28-47(2,3)4)42(29-50(40)44)52(5,6)7)20-18-33-19-21-38-39-17-12-23-48-46(39)51-45(38)43(33)41-26-32(22-24-49(30)41)25-31-13-8-9-14-31/h10-12,15-17,19,21-24,26-27,29,31,37,44H,1,8-9,13-14,18,20,25,28H2,2-7H3/q+2. The molecule has 2 aromatic carbocycles. The molecular formula is C47H53N3OSi+2. The molecule has 0 bridgehead atoms. The molecule has 1 aliphatic carbocycles. The third-order valence-electron chi connectivity index (χ3n) is 12.2. The van der Waals surface area contributed by atoms with Crippen molar-refractivity contribution in [1.82, 2.24) is 4.98 Å². The van der Waals surface area contributed by atoms with E-state index in [9.17, 15) is 0 Å². The predicted octanol–water partition coefficient (Wildman–Crippen LogP) is 10.5. The van der Waals surface area contributed by atoms with Crippen LogP contribution in [0.3, 0.4) is 0 Å². The molecule has 2 unspecified atom stereocenters. The number of fused-ring (bicyclic) bond motifs is 13. The smallest absolute Gasteiger partial charge is 0.249 e. The lowest BCUT2D eigenvalue weighted by atomic mass is 9.78. The van der Waals surface area contributed by atoms with Crippen molar-refractivity contribution in [2.75, 3.05) is 0 Å². The molecule has 264 valence electrons. The van der Waals surface area contributed by atoms with E-state index in [2.05, 4.69) is 128 Å². The Kier molecular flexibility index (Phi) is 7.96. The molecule has 1 saturated carbocycles. The fraction of sp³-hybridized carbons (Fsp3) is 0.383. The third kappa shape index (κ3) is 5.67. The normalized spacial score (nSPS) is 19.0. The van der Waals surface area contributed by atoms with Crippen LogP contribution in [0.2, 0.25) is 19.6 Å². The maximum atomic E-state index is 6.74. The van der Waals surface area contributed by atoms with Gasteiger partial charge < -0.3 is 4.42 Å². The van der Waals surface area contributed by atoms with Gasteiger partial charge in [0.25, 0.3) is 0 Å². The van der Waals surface area contributed by atoms with Gasteiger partial charge in [0.2, 0.25) is 28.8 Å². The molecule has 3 aliphatic rings. The van der Waals surface area contributed by atoms with E-state index in [0.717, 1.165) is 53.7 Å². The van der Waals surface area contributed by atoms with Crippen molar-refractivity contribution in [2.24, 2.45) is 11.3 Å². The number of hydrogen-bond acceptors (Lipinski definition) is 2. The van der Waals surface area contributed by atoms with Gasteiger partial charge in [0, 0.05) is 45.9 Å². The summed E-state index contributed by atoms with van der Waals surface area (Å²) in [4.78, 5) is 4.66. The largest absolute Gasteiger partial charge is 0.437 e. The zero-order chi connectivity index (χ0) is 35.9. The summed E-state index contributed by atoms with van der Waals surface area (Å²) >= 11 is 0. The van der Waals surface area contributed by atoms with Gasteiger partial charge in [-0.1, -0.05) is 96.4 Å². The maximum absolute atomic E-state index is 6.74. The molecule has 6 heterocycles. The van der Waals surface area contributed by atoms with Crippen LogP contribution in [0.1, 0.15) is 87.1 Å². The van der Waals surface area contributed by atoms with Crippen molar-refractivity contribution in [3.63, 3.8) is 0 Å². The molecule has 2 atom stereocenters. The van der Waals surface area contributed by atoms with Crippen LogP contribution in [-0.4, -0.2) is 13.1 Å². The summed E-state index contributed by atoms with van der Waals surface area (Å²) in [5.41, 5.74) is 13.7. The summed E-state index contributed by atoms with van der Waals surface area (Å²) in [7, 11) is -1.71. The second-order valence-electron chi connectivity index (χ2n) is 18.2. The topological polar surface area (TPSA) is 33.8 Å². The van der Waals surface area contributed by atoms with E-state index in [4.69, 9.17) is 11.0 Å². The monoisotopic (exact) mass is 703 g/mol. The number of nitrogens with zero attached hydrogens (tertiary/aromatic N) is 3. The minimum Gasteiger partial charge on any atom is -0.437 e. The molecule has 0 saturated heterocycles. The summed E-state index contributed by atoms with van der Waals surface area (Å²) in [6, 6.07) is 25.5. The van der Waals surface area contributed by atoms with Crippen LogP contribution in [0.15, 0.2) is 96.3 Å². The molecule has 5 heteroatoms. The Bertz CT molecular complexity index is 2380. The van der Waals surface area contributed by atoms with Gasteiger partial charge in [-0.2, -0.15) is 9.13 Å². The summed E-state index contributed by atoms with van der Waals surface area (Å²) in [5, 5.41) is 3.77. The van der Waals surface area contributed by atoms with E-state index < -0.39 is 8.07 Å². The minimum atomic E-state index is -1.71. The van der Waals surface area contributed by atoms with E-state index >= 15 is 0 Å². The Morgan fingerprint density at radius 2 is 1.71 bits per heavy atom. The third-order valence-corrected chi connectivity index (χ3v) is 14.3. The first-order valence-corrected chi connectivity index (χ1v) is 23.2. The van der Waals surface area contributed by atoms with Crippen molar-refractivity contribution < 1.29 is 13.6 Å². The van der Waals surface area contributed by atoms with Crippen LogP contribution in [0.4, 0.5) is 0 Å². The molecule has 0 amide bonds. The van der Waals surface area contributed by atoms with Crippen molar-refractivity contribution in [3.05, 3.63) is 114 Å². The number of allylic oxidation sites excluding steroid dienone is 1. The van der Waals surface area contributed by atoms with Crippen molar-refractivity contribution >= 4 is 41.0 Å². The van der Waals surface area contributed by atoms with E-state index in [-0.39, 0.29) is 17.4 Å². The molecule has 0 spiro atoms. The first-order chi connectivity index (χ1) is 24.9. The zero-order valence-corrected chi connectivity index (χ0v) is 32.9. The fourth-order valence-corrected chi connectivity index (χ4v) is 11.5. The number of hydrogen-bond donors (Lipinski definition) is 0. The second-order valence-corrected chi connectivity index (χ2v) is 23.3. The fourth-order valence-electron chi connectivity index (χ4n) is 9.89. The molecule has 0 radical (unpaired) electrons. The van der Waals surface area contributed by atoms with E-state index in [0.29, 0.717) is 5.71 Å². The Hall–Kier alpha value is -4.35. The lowest BCUT2D eigenvalue weighted by molar-refractivity contribution is -0.726. The van der Waals surface area contributed by atoms with Gasteiger partial charge in [-0.25, -0.2) is 4.98 Å². The molecule has 0 N–H and O–H groups in total. The predicted molar refractivity (Wildman–Crippen MR) is 216 cm³/mol. The lowest BCUT2D eigenvalue weighted by Gasteiger charge is -2.32. The summed E-state index contributed by atoms with van der Waals surface area (Å²) < 4.78 is 11.8. The highest BCUT2D eigenvalue weighted by Gasteiger charge is 2.48. The first kappa shape index (κ1) is 33.5. The molecule has 9 rings (SSSR count). The van der Waals surface area contributed by atoms with Gasteiger partial charge in [-0.05, 0) is 84.0 Å². The zero-order valence-electron chi connectivity index (χ0n) is 31.9. The number of rotatable bonds is 4. The quantitative estimate of drug-likeness (QED) is 0.135. The van der Waals surface area contributed by atoms with Gasteiger partial charge in [0.1, 0.15) is 0 Å². The maximum Gasteiger partial charge on any atom is 0.249 e. The Balaban J connectivity index is 1.31. The van der Waals surface area contributed by atoms with E-state index in [1.807, 2.05) is 12.3 Å². The number of benzene rings is 2. The minimum absolute atomic E-state index is 0.0651. The number of aryl methyl sites for hydroxylation is 1. The van der Waals surface area contributed by atoms with Crippen LogP contribution >= 0.6 is 0 Å². The van der Waals surface area contributed by atoms with E-state index in [1.54, 1.807) is 5.19 Å². The SMILES string of the molecule is C=C1C2C(CCc3ccc4c(oc5ncccc54)c3-c3cc(CC4CCCC4)cc[n+]31)c1ccccc1-c1cc(CC(C)(C)C)c([Si](C)(C)C)c[n+]12. The van der Waals surface area contributed by atoms with Crippen LogP contribution in [0.25, 0.3) is 50.3 Å².